The first-order valence-corrected chi connectivity index (χ1v) is 9.16. The summed E-state index contributed by atoms with van der Waals surface area (Å²) in [5, 5.41) is 22.0. The Morgan fingerprint density at radius 2 is 1.79 bits per heavy atom. The number of allylic oxidation sites excluding steroid dienone is 1. The van der Waals surface area contributed by atoms with E-state index in [4.69, 9.17) is 0 Å². The van der Waals surface area contributed by atoms with Gasteiger partial charge in [-0.3, -0.25) is 4.79 Å². The molecule has 1 aromatic heterocycles. The number of pyridine rings is 1. The highest BCUT2D eigenvalue weighted by atomic mass is 16.5. The van der Waals surface area contributed by atoms with E-state index in [1.165, 1.54) is 25.3 Å². The second-order valence-electron chi connectivity index (χ2n) is 7.27. The summed E-state index contributed by atoms with van der Waals surface area (Å²) < 4.78 is 4.68. The third kappa shape index (κ3) is 2.93. The number of Topliss-reactive ketones (excluding diaryl/α,β-unsaturated/α-hetero) is 1. The van der Waals surface area contributed by atoms with Gasteiger partial charge in [0.2, 0.25) is 0 Å². The number of fused-ring (bicyclic) bond motifs is 2. The van der Waals surface area contributed by atoms with Gasteiger partial charge < -0.3 is 14.9 Å². The second-order valence-corrected chi connectivity index (χ2v) is 7.27. The molecule has 4 rings (SSSR count). The maximum atomic E-state index is 13.0. The highest BCUT2D eigenvalue weighted by Gasteiger charge is 2.34. The number of benzene rings is 2. The minimum atomic E-state index is -0.582. The van der Waals surface area contributed by atoms with Crippen LogP contribution in [0.3, 0.4) is 0 Å². The van der Waals surface area contributed by atoms with Crippen LogP contribution in [-0.4, -0.2) is 34.1 Å². The van der Waals surface area contributed by atoms with Crippen LogP contribution < -0.4 is 0 Å². The van der Waals surface area contributed by atoms with E-state index >= 15 is 0 Å². The van der Waals surface area contributed by atoms with Crippen LogP contribution >= 0.6 is 0 Å². The van der Waals surface area contributed by atoms with E-state index in [9.17, 15) is 19.8 Å². The molecule has 6 nitrogen and oxygen atoms in total. The molecular weight excluding hydrogens is 370 g/mol. The van der Waals surface area contributed by atoms with Crippen molar-refractivity contribution >= 4 is 34.0 Å². The Bertz CT molecular complexity index is 1220. The summed E-state index contributed by atoms with van der Waals surface area (Å²) in [6.07, 6.45) is 0. The molecule has 2 aromatic carbocycles. The summed E-state index contributed by atoms with van der Waals surface area (Å²) in [5.41, 5.74) is 2.27. The Labute approximate surface area is 167 Å². The van der Waals surface area contributed by atoms with Crippen molar-refractivity contribution in [1.82, 2.24) is 4.98 Å². The number of aromatic hydroxyl groups is 1. The molecular formula is C23H19NO5. The van der Waals surface area contributed by atoms with Gasteiger partial charge in [-0.2, -0.15) is 0 Å². The van der Waals surface area contributed by atoms with Crippen molar-refractivity contribution in [2.75, 3.05) is 7.11 Å². The fourth-order valence-corrected chi connectivity index (χ4v) is 3.51. The van der Waals surface area contributed by atoms with Gasteiger partial charge in [-0.15, -0.1) is 0 Å². The smallest absolute Gasteiger partial charge is 0.337 e. The average molecular weight is 389 g/mol. The third-order valence-corrected chi connectivity index (χ3v) is 5.13. The molecule has 29 heavy (non-hydrogen) atoms. The van der Waals surface area contributed by atoms with Crippen molar-refractivity contribution in [1.29, 1.82) is 0 Å². The molecule has 0 bridgehead atoms. The Morgan fingerprint density at radius 3 is 2.48 bits per heavy atom. The molecule has 1 aliphatic carbocycles. The summed E-state index contributed by atoms with van der Waals surface area (Å²) >= 11 is 0. The number of aliphatic hydroxyl groups is 1. The molecule has 0 unspecified atom stereocenters. The van der Waals surface area contributed by atoms with Crippen LogP contribution in [0.15, 0.2) is 42.5 Å². The molecule has 0 spiro atoms. The number of ether oxygens (including phenoxy) is 1. The highest BCUT2D eigenvalue weighted by molar-refractivity contribution is 6.39. The van der Waals surface area contributed by atoms with Crippen LogP contribution in [0, 0.1) is 0 Å². The Hall–Kier alpha value is -3.67. The van der Waals surface area contributed by atoms with E-state index in [1.54, 1.807) is 6.07 Å². The number of aromatic nitrogens is 1. The van der Waals surface area contributed by atoms with E-state index in [0.29, 0.717) is 11.4 Å². The van der Waals surface area contributed by atoms with Crippen molar-refractivity contribution in [3.63, 3.8) is 0 Å². The van der Waals surface area contributed by atoms with Gasteiger partial charge in [-0.1, -0.05) is 19.9 Å². The summed E-state index contributed by atoms with van der Waals surface area (Å²) in [6, 6.07) is 11.6. The predicted octanol–water partition coefficient (Wildman–Crippen LogP) is 4.47. The lowest BCUT2D eigenvalue weighted by Crippen LogP contribution is -2.05. The number of ketones is 1. The molecule has 0 saturated heterocycles. The quantitative estimate of drug-likeness (QED) is 0.642. The van der Waals surface area contributed by atoms with Crippen LogP contribution in [-0.2, 0) is 4.74 Å². The van der Waals surface area contributed by atoms with Crippen molar-refractivity contribution in [2.45, 2.75) is 19.8 Å². The fraction of sp³-hybridized carbons (Fsp3) is 0.174. The number of hydrogen-bond donors (Lipinski definition) is 2. The first-order chi connectivity index (χ1) is 13.8. The normalized spacial score (nSPS) is 13.3. The number of carbonyl (C=O) groups excluding carboxylic acids is 2. The summed E-state index contributed by atoms with van der Waals surface area (Å²) in [7, 11) is 1.25. The van der Waals surface area contributed by atoms with E-state index in [1.807, 2.05) is 18.2 Å². The fourth-order valence-electron chi connectivity index (χ4n) is 3.51. The number of rotatable bonds is 3. The summed E-state index contributed by atoms with van der Waals surface area (Å²) in [6.45, 7) is 4.14. The van der Waals surface area contributed by atoms with Crippen molar-refractivity contribution < 1.29 is 24.5 Å². The molecule has 0 amide bonds. The minimum Gasteiger partial charge on any atom is -0.506 e. The van der Waals surface area contributed by atoms with Crippen LogP contribution in [0.25, 0.3) is 22.2 Å². The number of hydrogen-bond acceptors (Lipinski definition) is 6. The molecule has 0 radical (unpaired) electrons. The SMILES string of the molecule is COC(=O)c1ccc2c(c1)C(=O)C(c1nc3ccc(C(C)C)cc3cc1O)=C2O. The molecule has 0 aliphatic heterocycles. The Balaban J connectivity index is 1.84. The van der Waals surface area contributed by atoms with Crippen LogP contribution in [0.5, 0.6) is 5.75 Å². The Morgan fingerprint density at radius 1 is 1.03 bits per heavy atom. The zero-order valence-corrected chi connectivity index (χ0v) is 16.2. The van der Waals surface area contributed by atoms with Crippen molar-refractivity contribution in [3.05, 3.63) is 70.4 Å². The van der Waals surface area contributed by atoms with Crippen LogP contribution in [0.4, 0.5) is 0 Å². The van der Waals surface area contributed by atoms with Crippen LogP contribution in [0.1, 0.15) is 57.3 Å². The lowest BCUT2D eigenvalue weighted by atomic mass is 9.99. The van der Waals surface area contributed by atoms with Gasteiger partial charge in [-0.25, -0.2) is 9.78 Å². The molecule has 0 atom stereocenters. The molecule has 6 heteroatoms. The zero-order chi connectivity index (χ0) is 20.9. The number of nitrogens with zero attached hydrogens (tertiary/aromatic N) is 1. The third-order valence-electron chi connectivity index (χ3n) is 5.13. The maximum absolute atomic E-state index is 13.0. The van der Waals surface area contributed by atoms with Crippen LogP contribution in [0.2, 0.25) is 0 Å². The van der Waals surface area contributed by atoms with Gasteiger partial charge in [-0.05, 0) is 47.9 Å². The first-order valence-electron chi connectivity index (χ1n) is 9.16. The molecule has 0 saturated carbocycles. The van der Waals surface area contributed by atoms with Gasteiger partial charge in [0.05, 0.1) is 23.8 Å². The highest BCUT2D eigenvalue weighted by Crippen LogP contribution is 2.40. The number of aliphatic hydroxyl groups excluding tert-OH is 1. The van der Waals surface area contributed by atoms with Crippen molar-refractivity contribution in [3.8, 4) is 5.75 Å². The lowest BCUT2D eigenvalue weighted by Gasteiger charge is -2.10. The molecule has 0 fully saturated rings. The molecule has 1 heterocycles. The Kier molecular flexibility index (Phi) is 4.34. The lowest BCUT2D eigenvalue weighted by molar-refractivity contribution is 0.0600. The van der Waals surface area contributed by atoms with Gasteiger partial charge in [0.15, 0.2) is 5.78 Å². The first kappa shape index (κ1) is 18.7. The zero-order valence-electron chi connectivity index (χ0n) is 16.2. The minimum absolute atomic E-state index is 0.00751. The van der Waals surface area contributed by atoms with Crippen molar-refractivity contribution in [2.24, 2.45) is 0 Å². The summed E-state index contributed by atoms with van der Waals surface area (Å²) in [4.78, 5) is 29.2. The van der Waals surface area contributed by atoms with E-state index < -0.39 is 11.8 Å². The molecule has 3 aromatic rings. The maximum Gasteiger partial charge on any atom is 0.337 e. The van der Waals surface area contributed by atoms with Gasteiger partial charge >= 0.3 is 5.97 Å². The van der Waals surface area contributed by atoms with Gasteiger partial charge in [0.1, 0.15) is 17.2 Å². The van der Waals surface area contributed by atoms with E-state index in [2.05, 4.69) is 23.6 Å². The van der Waals surface area contributed by atoms with Gasteiger partial charge in [0, 0.05) is 16.5 Å². The van der Waals surface area contributed by atoms with Gasteiger partial charge in [0.25, 0.3) is 0 Å². The second kappa shape index (κ2) is 6.74. The number of methoxy groups -OCH3 is 1. The topological polar surface area (TPSA) is 96.7 Å². The number of esters is 1. The monoisotopic (exact) mass is 389 g/mol. The molecule has 2 N–H and O–H groups in total. The number of carbonyl (C=O) groups is 2. The standard InChI is InChI=1S/C23H19NO5/c1-11(2)12-5-7-17-14(8-12)10-18(25)20(24-17)19-21(26)15-6-4-13(23(28)29-3)9-16(15)22(19)27/h4-11,25-26H,1-3H3. The van der Waals surface area contributed by atoms with E-state index in [-0.39, 0.29) is 39.5 Å². The molecule has 146 valence electrons. The predicted molar refractivity (Wildman–Crippen MR) is 109 cm³/mol. The average Bonchev–Trinajstić information content (AvgIpc) is 2.96. The molecule has 1 aliphatic rings. The largest absolute Gasteiger partial charge is 0.506 e. The van der Waals surface area contributed by atoms with E-state index in [0.717, 1.165) is 10.9 Å². The summed E-state index contributed by atoms with van der Waals surface area (Å²) in [5.74, 6) is -1.25.